The fourth-order valence-electron chi connectivity index (χ4n) is 3.08. The summed E-state index contributed by atoms with van der Waals surface area (Å²) in [7, 11) is -3.75. The number of aliphatic hydroxyl groups excluding tert-OH is 1. The first-order chi connectivity index (χ1) is 14.8. The summed E-state index contributed by atoms with van der Waals surface area (Å²) in [6, 6.07) is 18.8. The van der Waals surface area contributed by atoms with E-state index in [1.54, 1.807) is 36.4 Å². The Balaban J connectivity index is 1.61. The fraction of sp³-hybridized carbons (Fsp3) is 0.174. The van der Waals surface area contributed by atoms with Crippen molar-refractivity contribution >= 4 is 27.4 Å². The second-order valence-electron chi connectivity index (χ2n) is 7.01. The maximum absolute atomic E-state index is 12.9. The number of carboxylic acids is 1. The van der Waals surface area contributed by atoms with E-state index in [9.17, 15) is 18.3 Å². The number of hydrogen-bond donors (Lipinski definition) is 3. The second-order valence-corrected chi connectivity index (χ2v) is 9.39. The fourth-order valence-corrected chi connectivity index (χ4v) is 4.61. The summed E-state index contributed by atoms with van der Waals surface area (Å²) in [5.41, 5.74) is 1.58. The standard InChI is InChI=1S/C23H22ClNO5S/c24-19-5-2-4-18(14-19)22(26)15-25-12-11-16-3-1-6-21(13-16)31(29,30)20-9-7-17(8-10-20)23(27)28/h1-10,13-14,22,25-26H,11-12,15H2,(H,27,28)/t22-/m1/s1. The topological polar surface area (TPSA) is 104 Å². The van der Waals surface area contributed by atoms with Crippen molar-refractivity contribution in [2.75, 3.05) is 13.1 Å². The van der Waals surface area contributed by atoms with E-state index in [-0.39, 0.29) is 15.4 Å². The number of halogens is 1. The van der Waals surface area contributed by atoms with Crippen molar-refractivity contribution < 1.29 is 23.4 Å². The quantitative estimate of drug-likeness (QED) is 0.421. The Labute approximate surface area is 186 Å². The van der Waals surface area contributed by atoms with Crippen molar-refractivity contribution in [1.29, 1.82) is 0 Å². The van der Waals surface area contributed by atoms with E-state index in [4.69, 9.17) is 16.7 Å². The summed E-state index contributed by atoms with van der Waals surface area (Å²) in [5.74, 6) is -1.11. The Bertz CT molecular complexity index is 1160. The number of carboxylic acid groups (broad SMARTS) is 1. The zero-order valence-corrected chi connectivity index (χ0v) is 18.1. The Morgan fingerprint density at radius 2 is 1.68 bits per heavy atom. The van der Waals surface area contributed by atoms with E-state index in [1.807, 2.05) is 6.07 Å². The van der Waals surface area contributed by atoms with Gasteiger partial charge in [-0.05, 0) is 72.6 Å². The van der Waals surface area contributed by atoms with Gasteiger partial charge in [-0.2, -0.15) is 0 Å². The molecule has 0 aliphatic heterocycles. The van der Waals surface area contributed by atoms with Gasteiger partial charge in [0, 0.05) is 11.6 Å². The van der Waals surface area contributed by atoms with Crippen molar-refractivity contribution in [3.8, 4) is 0 Å². The molecule has 0 spiro atoms. The van der Waals surface area contributed by atoms with Crippen molar-refractivity contribution in [3.63, 3.8) is 0 Å². The monoisotopic (exact) mass is 459 g/mol. The van der Waals surface area contributed by atoms with Gasteiger partial charge in [0.05, 0.1) is 21.5 Å². The average Bonchev–Trinajstić information content (AvgIpc) is 2.77. The van der Waals surface area contributed by atoms with Crippen LogP contribution in [-0.2, 0) is 16.3 Å². The van der Waals surface area contributed by atoms with Gasteiger partial charge in [0.2, 0.25) is 9.84 Å². The molecule has 3 N–H and O–H groups in total. The molecule has 0 aromatic heterocycles. The van der Waals surface area contributed by atoms with E-state index >= 15 is 0 Å². The molecule has 0 saturated heterocycles. The minimum atomic E-state index is -3.75. The lowest BCUT2D eigenvalue weighted by atomic mass is 10.1. The molecule has 0 fully saturated rings. The number of carbonyl (C=O) groups is 1. The molecule has 8 heteroatoms. The molecule has 3 aromatic rings. The van der Waals surface area contributed by atoms with Gasteiger partial charge in [-0.15, -0.1) is 0 Å². The van der Waals surface area contributed by atoms with E-state index in [0.717, 1.165) is 11.1 Å². The van der Waals surface area contributed by atoms with Crippen LogP contribution >= 0.6 is 11.6 Å². The predicted octanol–water partition coefficient (Wildman–Crippen LogP) is 3.74. The lowest BCUT2D eigenvalue weighted by Gasteiger charge is -2.13. The largest absolute Gasteiger partial charge is 0.478 e. The molecule has 0 saturated carbocycles. The number of nitrogens with one attached hydrogen (secondary N) is 1. The zero-order valence-electron chi connectivity index (χ0n) is 16.5. The molecule has 3 aromatic carbocycles. The summed E-state index contributed by atoms with van der Waals surface area (Å²) in [4.78, 5) is 11.1. The van der Waals surface area contributed by atoms with Crippen molar-refractivity contribution in [1.82, 2.24) is 5.32 Å². The van der Waals surface area contributed by atoms with Crippen LogP contribution in [0.3, 0.4) is 0 Å². The number of sulfone groups is 1. The molecule has 0 bridgehead atoms. The Morgan fingerprint density at radius 1 is 0.968 bits per heavy atom. The van der Waals surface area contributed by atoms with E-state index < -0.39 is 21.9 Å². The third kappa shape index (κ3) is 5.92. The van der Waals surface area contributed by atoms with Gasteiger partial charge in [0.25, 0.3) is 0 Å². The minimum absolute atomic E-state index is 0.0266. The molecule has 1 atom stereocenters. The van der Waals surface area contributed by atoms with Crippen LogP contribution in [-0.4, -0.2) is 37.7 Å². The lowest BCUT2D eigenvalue weighted by molar-refractivity contribution is 0.0696. The molecule has 0 amide bonds. The maximum Gasteiger partial charge on any atom is 0.335 e. The molecule has 162 valence electrons. The summed E-state index contributed by atoms with van der Waals surface area (Å²) in [5, 5.41) is 22.9. The molecule has 0 aliphatic carbocycles. The summed E-state index contributed by atoms with van der Waals surface area (Å²) in [6.07, 6.45) is -0.122. The van der Waals surface area contributed by atoms with Gasteiger partial charge in [-0.3, -0.25) is 0 Å². The van der Waals surface area contributed by atoms with Gasteiger partial charge >= 0.3 is 5.97 Å². The summed E-state index contributed by atoms with van der Waals surface area (Å²) < 4.78 is 25.7. The van der Waals surface area contributed by atoms with E-state index in [0.29, 0.717) is 24.5 Å². The molecule has 0 unspecified atom stereocenters. The van der Waals surface area contributed by atoms with Crippen LogP contribution < -0.4 is 5.32 Å². The van der Waals surface area contributed by atoms with Crippen LogP contribution in [0.4, 0.5) is 0 Å². The maximum atomic E-state index is 12.9. The minimum Gasteiger partial charge on any atom is -0.478 e. The number of benzene rings is 3. The number of aliphatic hydroxyl groups is 1. The first-order valence-electron chi connectivity index (χ1n) is 9.59. The smallest absolute Gasteiger partial charge is 0.335 e. The first kappa shape index (κ1) is 23.0. The van der Waals surface area contributed by atoms with Crippen molar-refractivity contribution in [2.24, 2.45) is 0 Å². The zero-order chi connectivity index (χ0) is 22.4. The first-order valence-corrected chi connectivity index (χ1v) is 11.4. The van der Waals surface area contributed by atoms with E-state index in [2.05, 4.69) is 5.32 Å². The highest BCUT2D eigenvalue weighted by atomic mass is 35.5. The molecular formula is C23H22ClNO5S. The molecular weight excluding hydrogens is 438 g/mol. The third-order valence-electron chi connectivity index (χ3n) is 4.78. The van der Waals surface area contributed by atoms with Gasteiger partial charge in [-0.25, -0.2) is 13.2 Å². The number of rotatable bonds is 9. The second kappa shape index (κ2) is 10.1. The van der Waals surface area contributed by atoms with Crippen LogP contribution in [0, 0.1) is 0 Å². The third-order valence-corrected chi connectivity index (χ3v) is 6.78. The van der Waals surface area contributed by atoms with Crippen molar-refractivity contribution in [3.05, 3.63) is 94.5 Å². The summed E-state index contributed by atoms with van der Waals surface area (Å²) in [6.45, 7) is 0.892. The Kier molecular flexibility index (Phi) is 7.46. The Hall–Kier alpha value is -2.71. The molecule has 0 heterocycles. The SMILES string of the molecule is O=C(O)c1ccc(S(=O)(=O)c2cccc(CCNC[C@@H](O)c3cccc(Cl)c3)c2)cc1. The number of hydrogen-bond acceptors (Lipinski definition) is 5. The van der Waals surface area contributed by atoms with Gasteiger partial charge < -0.3 is 15.5 Å². The lowest BCUT2D eigenvalue weighted by Crippen LogP contribution is -2.23. The Morgan fingerprint density at radius 3 is 2.35 bits per heavy atom. The average molecular weight is 460 g/mol. The van der Waals surface area contributed by atoms with Crippen molar-refractivity contribution in [2.45, 2.75) is 22.3 Å². The van der Waals surface area contributed by atoms with Gasteiger partial charge in [-0.1, -0.05) is 35.9 Å². The highest BCUT2D eigenvalue weighted by Crippen LogP contribution is 2.22. The number of aromatic carboxylic acids is 1. The molecule has 6 nitrogen and oxygen atoms in total. The van der Waals surface area contributed by atoms with Crippen LogP contribution in [0.15, 0.2) is 82.6 Å². The van der Waals surface area contributed by atoms with Gasteiger partial charge in [0.1, 0.15) is 0 Å². The molecule has 0 aliphatic rings. The molecule has 0 radical (unpaired) electrons. The highest BCUT2D eigenvalue weighted by molar-refractivity contribution is 7.91. The predicted molar refractivity (Wildman–Crippen MR) is 118 cm³/mol. The summed E-state index contributed by atoms with van der Waals surface area (Å²) >= 11 is 5.94. The highest BCUT2D eigenvalue weighted by Gasteiger charge is 2.18. The molecule has 31 heavy (non-hydrogen) atoms. The van der Waals surface area contributed by atoms with Gasteiger partial charge in [0.15, 0.2) is 0 Å². The van der Waals surface area contributed by atoms with Crippen LogP contribution in [0.1, 0.15) is 27.6 Å². The van der Waals surface area contributed by atoms with Crippen LogP contribution in [0.5, 0.6) is 0 Å². The van der Waals surface area contributed by atoms with E-state index in [1.165, 1.54) is 30.3 Å². The molecule has 3 rings (SSSR count). The van der Waals surface area contributed by atoms with Crippen LogP contribution in [0.2, 0.25) is 5.02 Å². The van der Waals surface area contributed by atoms with Crippen LogP contribution in [0.25, 0.3) is 0 Å². The normalized spacial score (nSPS) is 12.5.